The summed E-state index contributed by atoms with van der Waals surface area (Å²) in [5, 5.41) is 0. The summed E-state index contributed by atoms with van der Waals surface area (Å²) in [6.07, 6.45) is 3.47. The number of methoxy groups -OCH3 is 1. The molecule has 0 amide bonds. The van der Waals surface area contributed by atoms with Crippen molar-refractivity contribution in [1.82, 2.24) is 0 Å². The van der Waals surface area contributed by atoms with Crippen molar-refractivity contribution in [2.75, 3.05) is 7.11 Å². The summed E-state index contributed by atoms with van der Waals surface area (Å²) in [4.78, 5) is 11.7. The van der Waals surface area contributed by atoms with Gasteiger partial charge in [0.2, 0.25) is 0 Å². The molecular weight excluding hydrogens is 207 g/mol. The quantitative estimate of drug-likeness (QED) is 0.768. The van der Waals surface area contributed by atoms with E-state index in [-0.39, 0.29) is 17.5 Å². The van der Waals surface area contributed by atoms with Crippen LogP contribution in [-0.2, 0) is 4.79 Å². The van der Waals surface area contributed by atoms with Crippen molar-refractivity contribution in [1.29, 1.82) is 0 Å². The number of benzene rings is 1. The van der Waals surface area contributed by atoms with Gasteiger partial charge in [-0.2, -0.15) is 0 Å². The topological polar surface area (TPSA) is 26.3 Å². The summed E-state index contributed by atoms with van der Waals surface area (Å²) < 4.78 is 18.4. The molecule has 1 aromatic rings. The van der Waals surface area contributed by atoms with E-state index in [9.17, 15) is 9.18 Å². The Kier molecular flexibility index (Phi) is 3.22. The highest BCUT2D eigenvalue weighted by atomic mass is 19.1. The molecule has 0 aliphatic heterocycles. The van der Waals surface area contributed by atoms with Crippen molar-refractivity contribution in [3.05, 3.63) is 29.6 Å². The highest BCUT2D eigenvalue weighted by Crippen LogP contribution is 2.31. The van der Waals surface area contributed by atoms with Crippen LogP contribution in [0.5, 0.6) is 5.75 Å². The minimum atomic E-state index is -0.390. The van der Waals surface area contributed by atoms with Gasteiger partial charge in [-0.25, -0.2) is 4.39 Å². The molecule has 0 heterocycles. The zero-order valence-electron chi connectivity index (χ0n) is 9.33. The first-order valence-corrected chi connectivity index (χ1v) is 5.58. The minimum absolute atomic E-state index is 0.117. The smallest absolute Gasteiger partial charge is 0.165 e. The average Bonchev–Trinajstić information content (AvgIpc) is 2.29. The zero-order chi connectivity index (χ0) is 11.5. The Morgan fingerprint density at radius 3 is 2.81 bits per heavy atom. The molecule has 86 valence electrons. The molecule has 2 nitrogen and oxygen atoms in total. The maximum absolute atomic E-state index is 13.5. The lowest BCUT2D eigenvalue weighted by molar-refractivity contribution is -0.121. The minimum Gasteiger partial charge on any atom is -0.494 e. The van der Waals surface area contributed by atoms with E-state index in [1.807, 2.05) is 0 Å². The molecule has 0 aromatic heterocycles. The number of rotatable bonds is 2. The summed E-state index contributed by atoms with van der Waals surface area (Å²) in [7, 11) is 1.43. The van der Waals surface area contributed by atoms with E-state index >= 15 is 0 Å². The molecule has 1 unspecified atom stereocenters. The Labute approximate surface area is 94.4 Å². The highest BCUT2D eigenvalue weighted by Gasteiger charge is 2.24. The van der Waals surface area contributed by atoms with E-state index < -0.39 is 5.82 Å². The van der Waals surface area contributed by atoms with Crippen molar-refractivity contribution in [3.63, 3.8) is 0 Å². The number of halogens is 1. The van der Waals surface area contributed by atoms with Crippen LogP contribution in [0.3, 0.4) is 0 Å². The molecule has 0 N–H and O–H groups in total. The summed E-state index contributed by atoms with van der Waals surface area (Å²) in [5.41, 5.74) is 0.781. The van der Waals surface area contributed by atoms with Crippen LogP contribution in [0.4, 0.5) is 4.39 Å². The Morgan fingerprint density at radius 1 is 1.38 bits per heavy atom. The predicted molar refractivity (Wildman–Crippen MR) is 59.2 cm³/mol. The van der Waals surface area contributed by atoms with Gasteiger partial charge in [0.1, 0.15) is 5.78 Å². The van der Waals surface area contributed by atoms with E-state index in [1.54, 1.807) is 12.1 Å². The molecule has 1 aromatic carbocycles. The largest absolute Gasteiger partial charge is 0.494 e. The third kappa shape index (κ3) is 2.08. The Hall–Kier alpha value is -1.38. The maximum Gasteiger partial charge on any atom is 0.165 e. The summed E-state index contributed by atoms with van der Waals surface area (Å²) >= 11 is 0. The van der Waals surface area contributed by atoms with Gasteiger partial charge in [-0.3, -0.25) is 4.79 Å². The van der Waals surface area contributed by atoms with Crippen molar-refractivity contribution in [3.8, 4) is 5.75 Å². The van der Waals surface area contributed by atoms with E-state index in [1.165, 1.54) is 13.2 Å². The molecule has 1 atom stereocenters. The molecule has 0 saturated heterocycles. The fourth-order valence-corrected chi connectivity index (χ4v) is 2.23. The molecule has 0 spiro atoms. The normalized spacial score (nSPS) is 20.9. The molecule has 0 bridgehead atoms. The number of Topliss-reactive ketones (excluding diaryl/α,β-unsaturated/α-hetero) is 1. The van der Waals surface area contributed by atoms with Gasteiger partial charge in [0.05, 0.1) is 7.11 Å². The van der Waals surface area contributed by atoms with Crippen LogP contribution >= 0.6 is 0 Å². The first-order valence-electron chi connectivity index (χ1n) is 5.58. The summed E-state index contributed by atoms with van der Waals surface area (Å²) in [6, 6.07) is 4.80. The Bertz CT molecular complexity index is 401. The molecule has 1 aliphatic rings. The number of carbonyl (C=O) groups excluding carboxylic acids is 1. The summed E-state index contributed by atoms with van der Waals surface area (Å²) in [6.45, 7) is 0. The third-order valence-corrected chi connectivity index (χ3v) is 3.13. The molecule has 1 aliphatic carbocycles. The second kappa shape index (κ2) is 4.64. The van der Waals surface area contributed by atoms with Gasteiger partial charge in [-0.15, -0.1) is 0 Å². The van der Waals surface area contributed by atoms with Gasteiger partial charge < -0.3 is 4.74 Å². The predicted octanol–water partition coefficient (Wildman–Crippen LogP) is 3.06. The van der Waals surface area contributed by atoms with Crippen LogP contribution in [0, 0.1) is 5.82 Å². The molecule has 2 rings (SSSR count). The van der Waals surface area contributed by atoms with E-state index in [0.717, 1.165) is 24.8 Å². The number of hydrogen-bond acceptors (Lipinski definition) is 2. The molecule has 0 radical (unpaired) electrons. The monoisotopic (exact) mass is 222 g/mol. The fourth-order valence-electron chi connectivity index (χ4n) is 2.23. The van der Waals surface area contributed by atoms with E-state index in [0.29, 0.717) is 6.42 Å². The van der Waals surface area contributed by atoms with Crippen molar-refractivity contribution < 1.29 is 13.9 Å². The Morgan fingerprint density at radius 2 is 2.19 bits per heavy atom. The van der Waals surface area contributed by atoms with Gasteiger partial charge in [-0.05, 0) is 30.5 Å². The van der Waals surface area contributed by atoms with E-state index in [4.69, 9.17) is 4.74 Å². The van der Waals surface area contributed by atoms with Gasteiger partial charge in [0, 0.05) is 12.3 Å². The zero-order valence-corrected chi connectivity index (χ0v) is 9.33. The first-order chi connectivity index (χ1) is 7.72. The SMILES string of the molecule is COc1ccc(C2CCCCC2=O)cc1F. The number of carbonyl (C=O) groups is 1. The van der Waals surface area contributed by atoms with Crippen molar-refractivity contribution in [2.24, 2.45) is 0 Å². The van der Waals surface area contributed by atoms with Crippen molar-refractivity contribution >= 4 is 5.78 Å². The Balaban J connectivity index is 2.26. The highest BCUT2D eigenvalue weighted by molar-refractivity contribution is 5.86. The van der Waals surface area contributed by atoms with Gasteiger partial charge >= 0.3 is 0 Å². The first kappa shape index (κ1) is 11.1. The van der Waals surface area contributed by atoms with Gasteiger partial charge in [0.15, 0.2) is 11.6 Å². The molecule has 3 heteroatoms. The van der Waals surface area contributed by atoms with Crippen molar-refractivity contribution in [2.45, 2.75) is 31.6 Å². The average molecular weight is 222 g/mol. The second-order valence-corrected chi connectivity index (χ2v) is 4.16. The lowest BCUT2D eigenvalue weighted by Crippen LogP contribution is -2.17. The number of hydrogen-bond donors (Lipinski definition) is 0. The van der Waals surface area contributed by atoms with Crippen LogP contribution in [0.2, 0.25) is 0 Å². The van der Waals surface area contributed by atoms with Gasteiger partial charge in [0.25, 0.3) is 0 Å². The number of ketones is 1. The van der Waals surface area contributed by atoms with Crippen LogP contribution in [0.1, 0.15) is 37.2 Å². The lowest BCUT2D eigenvalue weighted by atomic mass is 9.83. The number of ether oxygens (including phenoxy) is 1. The van der Waals surface area contributed by atoms with Crippen LogP contribution < -0.4 is 4.74 Å². The summed E-state index contributed by atoms with van der Waals surface area (Å²) in [5.74, 6) is -0.0460. The fraction of sp³-hybridized carbons (Fsp3) is 0.462. The van der Waals surface area contributed by atoms with Crippen LogP contribution in [-0.4, -0.2) is 12.9 Å². The van der Waals surface area contributed by atoms with Gasteiger partial charge in [-0.1, -0.05) is 12.5 Å². The molecule has 16 heavy (non-hydrogen) atoms. The van der Waals surface area contributed by atoms with E-state index in [2.05, 4.69) is 0 Å². The molecule has 1 fully saturated rings. The molecule has 1 saturated carbocycles. The second-order valence-electron chi connectivity index (χ2n) is 4.16. The standard InChI is InChI=1S/C13H15FO2/c1-16-13-7-6-9(8-11(13)14)10-4-2-3-5-12(10)15/h6-8,10H,2-5H2,1H3. The van der Waals surface area contributed by atoms with Crippen LogP contribution in [0.15, 0.2) is 18.2 Å². The van der Waals surface area contributed by atoms with Crippen LogP contribution in [0.25, 0.3) is 0 Å². The lowest BCUT2D eigenvalue weighted by Gasteiger charge is -2.21. The third-order valence-electron chi connectivity index (χ3n) is 3.13. The maximum atomic E-state index is 13.5. The molecular formula is C13H15FO2.